The molecule has 3 rings (SSSR count). The van der Waals surface area contributed by atoms with Crippen molar-refractivity contribution in [3.8, 4) is 11.4 Å². The lowest BCUT2D eigenvalue weighted by Gasteiger charge is -2.10. The Morgan fingerprint density at radius 1 is 1.38 bits per heavy atom. The summed E-state index contributed by atoms with van der Waals surface area (Å²) in [4.78, 5) is 16.2. The van der Waals surface area contributed by atoms with E-state index in [0.29, 0.717) is 21.7 Å². The fraction of sp³-hybridized carbons (Fsp3) is 0.200. The molecule has 0 aliphatic heterocycles. The maximum Gasteiger partial charge on any atom is 0.239 e. The number of anilines is 1. The number of thioether (sulfide) groups is 1. The molecule has 3 aromatic rings. The first kappa shape index (κ1) is 16.6. The van der Waals surface area contributed by atoms with Gasteiger partial charge in [0.15, 0.2) is 16.1 Å². The molecule has 9 heteroatoms. The Balaban J connectivity index is 1.74. The summed E-state index contributed by atoms with van der Waals surface area (Å²) in [7, 11) is 1.75. The van der Waals surface area contributed by atoms with Gasteiger partial charge in [-0.3, -0.25) is 4.79 Å². The average Bonchev–Trinajstić information content (AvgIpc) is 3.19. The average molecular weight is 363 g/mol. The summed E-state index contributed by atoms with van der Waals surface area (Å²) < 4.78 is 15.6. The van der Waals surface area contributed by atoms with E-state index in [1.807, 2.05) is 0 Å². The number of rotatable bonds is 5. The Kier molecular flexibility index (Phi) is 4.91. The summed E-state index contributed by atoms with van der Waals surface area (Å²) in [6.45, 7) is 1.77. The summed E-state index contributed by atoms with van der Waals surface area (Å²) in [5.74, 6) is -0.118. The van der Waals surface area contributed by atoms with E-state index in [4.69, 9.17) is 0 Å². The van der Waals surface area contributed by atoms with Crippen LogP contribution in [0.3, 0.4) is 0 Å². The van der Waals surface area contributed by atoms with Crippen molar-refractivity contribution in [2.24, 2.45) is 7.05 Å². The van der Waals surface area contributed by atoms with Crippen LogP contribution >= 0.6 is 23.1 Å². The largest absolute Gasteiger partial charge is 0.305 e. The second-order valence-electron chi connectivity index (χ2n) is 4.93. The van der Waals surface area contributed by atoms with Crippen LogP contribution in [0.4, 0.5) is 9.52 Å². The number of benzene rings is 1. The monoisotopic (exact) mass is 363 g/mol. The van der Waals surface area contributed by atoms with Crippen LogP contribution in [0.5, 0.6) is 0 Å². The minimum atomic E-state index is -0.398. The third kappa shape index (κ3) is 3.46. The first-order chi connectivity index (χ1) is 11.6. The van der Waals surface area contributed by atoms with E-state index < -0.39 is 5.25 Å². The Morgan fingerprint density at radius 2 is 2.17 bits per heavy atom. The van der Waals surface area contributed by atoms with E-state index >= 15 is 0 Å². The van der Waals surface area contributed by atoms with E-state index in [2.05, 4.69) is 20.5 Å². The number of thiazole rings is 1. The van der Waals surface area contributed by atoms with Gasteiger partial charge in [0.05, 0.1) is 10.8 Å². The van der Waals surface area contributed by atoms with Crippen LogP contribution in [0.1, 0.15) is 6.92 Å². The van der Waals surface area contributed by atoms with Crippen LogP contribution < -0.4 is 5.32 Å². The maximum absolute atomic E-state index is 13.9. The number of hydrogen-bond acceptors (Lipinski definition) is 6. The number of carbonyl (C=O) groups excluding carboxylic acids is 1. The molecule has 0 bridgehead atoms. The van der Waals surface area contributed by atoms with Crippen molar-refractivity contribution in [3.63, 3.8) is 0 Å². The van der Waals surface area contributed by atoms with Crippen LogP contribution in [0.25, 0.3) is 11.4 Å². The first-order valence-electron chi connectivity index (χ1n) is 7.07. The third-order valence-electron chi connectivity index (χ3n) is 3.26. The van der Waals surface area contributed by atoms with Gasteiger partial charge in [-0.25, -0.2) is 9.37 Å². The van der Waals surface area contributed by atoms with E-state index in [1.165, 1.54) is 29.2 Å². The van der Waals surface area contributed by atoms with Crippen molar-refractivity contribution >= 4 is 34.1 Å². The molecule has 1 unspecified atom stereocenters. The zero-order valence-corrected chi connectivity index (χ0v) is 14.6. The second-order valence-corrected chi connectivity index (χ2v) is 7.13. The second kappa shape index (κ2) is 7.10. The lowest BCUT2D eigenvalue weighted by atomic mass is 10.2. The molecule has 0 aliphatic carbocycles. The normalized spacial score (nSPS) is 12.1. The summed E-state index contributed by atoms with van der Waals surface area (Å²) in [6, 6.07) is 6.38. The molecule has 6 nitrogen and oxygen atoms in total. The Bertz CT molecular complexity index is 849. The van der Waals surface area contributed by atoms with Crippen molar-refractivity contribution in [2.75, 3.05) is 5.32 Å². The minimum Gasteiger partial charge on any atom is -0.305 e. The molecule has 2 heterocycles. The molecule has 0 spiro atoms. The predicted octanol–water partition coefficient (Wildman–Crippen LogP) is 3.20. The van der Waals surface area contributed by atoms with Crippen molar-refractivity contribution in [1.29, 1.82) is 0 Å². The Hall–Kier alpha value is -2.26. The van der Waals surface area contributed by atoms with Crippen molar-refractivity contribution in [2.45, 2.75) is 17.3 Å². The molecule has 0 radical (unpaired) electrons. The molecule has 124 valence electrons. The van der Waals surface area contributed by atoms with Gasteiger partial charge in [0, 0.05) is 18.6 Å². The van der Waals surface area contributed by atoms with Gasteiger partial charge >= 0.3 is 0 Å². The maximum atomic E-state index is 13.9. The summed E-state index contributed by atoms with van der Waals surface area (Å²) >= 11 is 2.61. The highest BCUT2D eigenvalue weighted by Crippen LogP contribution is 2.27. The molecule has 0 aliphatic rings. The Morgan fingerprint density at radius 3 is 2.88 bits per heavy atom. The van der Waals surface area contributed by atoms with Crippen molar-refractivity contribution in [1.82, 2.24) is 19.7 Å². The van der Waals surface area contributed by atoms with E-state index in [9.17, 15) is 9.18 Å². The van der Waals surface area contributed by atoms with Crippen LogP contribution in [0.15, 0.2) is 41.0 Å². The number of hydrogen-bond donors (Lipinski definition) is 1. The van der Waals surface area contributed by atoms with E-state index in [-0.39, 0.29) is 11.7 Å². The van der Waals surface area contributed by atoms with E-state index in [0.717, 1.165) is 0 Å². The van der Waals surface area contributed by atoms with E-state index in [1.54, 1.807) is 48.3 Å². The van der Waals surface area contributed by atoms with Gasteiger partial charge in [0.1, 0.15) is 5.82 Å². The lowest BCUT2D eigenvalue weighted by molar-refractivity contribution is -0.115. The quantitative estimate of drug-likeness (QED) is 0.705. The van der Waals surface area contributed by atoms with Gasteiger partial charge < -0.3 is 9.88 Å². The zero-order chi connectivity index (χ0) is 17.1. The number of amides is 1. The fourth-order valence-corrected chi connectivity index (χ4v) is 3.35. The molecule has 1 N–H and O–H groups in total. The summed E-state index contributed by atoms with van der Waals surface area (Å²) in [5, 5.41) is 13.3. The van der Waals surface area contributed by atoms with Crippen molar-refractivity contribution in [3.05, 3.63) is 41.7 Å². The molecule has 24 heavy (non-hydrogen) atoms. The number of carbonyl (C=O) groups is 1. The molecule has 0 saturated heterocycles. The summed E-state index contributed by atoms with van der Waals surface area (Å²) in [6.07, 6.45) is 1.63. The third-order valence-corrected chi connectivity index (χ3v) is 5.09. The van der Waals surface area contributed by atoms with Gasteiger partial charge in [-0.15, -0.1) is 21.5 Å². The highest BCUT2D eigenvalue weighted by atomic mass is 32.2. The number of aromatic nitrogens is 4. The van der Waals surface area contributed by atoms with Gasteiger partial charge in [-0.2, -0.15) is 0 Å². The molecule has 1 amide bonds. The van der Waals surface area contributed by atoms with Crippen LogP contribution in [-0.2, 0) is 11.8 Å². The number of nitrogens with zero attached hydrogens (tertiary/aromatic N) is 4. The molecule has 1 aromatic carbocycles. The van der Waals surface area contributed by atoms with Crippen molar-refractivity contribution < 1.29 is 9.18 Å². The smallest absolute Gasteiger partial charge is 0.239 e. The zero-order valence-electron chi connectivity index (χ0n) is 12.9. The van der Waals surface area contributed by atoms with Gasteiger partial charge in [0.2, 0.25) is 5.91 Å². The number of nitrogens with one attached hydrogen (secondary N) is 1. The topological polar surface area (TPSA) is 72.7 Å². The van der Waals surface area contributed by atoms with Gasteiger partial charge in [0.25, 0.3) is 0 Å². The van der Waals surface area contributed by atoms with Gasteiger partial charge in [-0.1, -0.05) is 23.9 Å². The van der Waals surface area contributed by atoms with Crippen LogP contribution in [0.2, 0.25) is 0 Å². The standard InChI is InChI=1S/C15H14FN5OS2/c1-9(13(22)18-14-17-7-8-23-14)24-15-20-19-12(21(15)2)10-5-3-4-6-11(10)16/h3-9H,1-2H3,(H,17,18,22). The molecular weight excluding hydrogens is 349 g/mol. The van der Waals surface area contributed by atoms with Crippen LogP contribution in [-0.4, -0.2) is 30.9 Å². The molecule has 2 aromatic heterocycles. The first-order valence-corrected chi connectivity index (χ1v) is 8.83. The molecule has 0 fully saturated rings. The molecular formula is C15H14FN5OS2. The molecule has 0 saturated carbocycles. The lowest BCUT2D eigenvalue weighted by Crippen LogP contribution is -2.22. The Labute approximate surface area is 146 Å². The van der Waals surface area contributed by atoms with Gasteiger partial charge in [-0.05, 0) is 19.1 Å². The van der Waals surface area contributed by atoms with Crippen LogP contribution in [0, 0.1) is 5.82 Å². The fourth-order valence-electron chi connectivity index (χ4n) is 2.00. The highest BCUT2D eigenvalue weighted by Gasteiger charge is 2.20. The molecule has 1 atom stereocenters. The minimum absolute atomic E-state index is 0.176. The number of halogens is 1. The SMILES string of the molecule is CC(Sc1nnc(-c2ccccc2F)n1C)C(=O)Nc1nccs1. The highest BCUT2D eigenvalue weighted by molar-refractivity contribution is 8.00. The predicted molar refractivity (Wildman–Crippen MR) is 92.5 cm³/mol. The summed E-state index contributed by atoms with van der Waals surface area (Å²) in [5.41, 5.74) is 0.374.